The highest BCUT2D eigenvalue weighted by Crippen LogP contribution is 2.35. The zero-order valence-corrected chi connectivity index (χ0v) is 22.9. The van der Waals surface area contributed by atoms with E-state index in [4.69, 9.17) is 0 Å². The lowest BCUT2D eigenvalue weighted by atomic mass is 10.0. The van der Waals surface area contributed by atoms with Gasteiger partial charge in [0.15, 0.2) is 0 Å². The van der Waals surface area contributed by atoms with Crippen LogP contribution in [-0.4, -0.2) is 78.0 Å². The van der Waals surface area contributed by atoms with Crippen molar-refractivity contribution in [3.05, 3.63) is 53.6 Å². The standard InChI is InChI=1S/C28H37F3N4O2S/c1-21-5-8-24(9-6-21)34-18-16-33(17-19-34)13-3-4-27(36)35-14-11-22(12-15-35)32-23-7-10-26(38(2)37)25(20-23)28(29,30)31/h5-10,20,22,32H,3-4,11-19H2,1-2H3. The Morgan fingerprint density at radius 3 is 2.26 bits per heavy atom. The number of anilines is 2. The summed E-state index contributed by atoms with van der Waals surface area (Å²) >= 11 is 0. The first kappa shape index (κ1) is 28.4. The smallest absolute Gasteiger partial charge is 0.382 e. The molecule has 0 aliphatic carbocycles. The minimum Gasteiger partial charge on any atom is -0.382 e. The molecule has 10 heteroatoms. The number of halogens is 3. The lowest BCUT2D eigenvalue weighted by molar-refractivity contribution is -0.139. The van der Waals surface area contributed by atoms with Gasteiger partial charge >= 0.3 is 6.18 Å². The van der Waals surface area contributed by atoms with Crippen LogP contribution in [0.25, 0.3) is 0 Å². The molecule has 0 aromatic heterocycles. The molecule has 38 heavy (non-hydrogen) atoms. The lowest BCUT2D eigenvalue weighted by Gasteiger charge is -2.36. The van der Waals surface area contributed by atoms with Crippen LogP contribution in [0.15, 0.2) is 47.4 Å². The van der Waals surface area contributed by atoms with Crippen molar-refractivity contribution in [2.24, 2.45) is 0 Å². The van der Waals surface area contributed by atoms with Crippen LogP contribution in [0.5, 0.6) is 0 Å². The molecule has 0 saturated carbocycles. The minimum atomic E-state index is -4.57. The predicted molar refractivity (Wildman–Crippen MR) is 146 cm³/mol. The van der Waals surface area contributed by atoms with Gasteiger partial charge in [0.1, 0.15) is 0 Å². The van der Waals surface area contributed by atoms with Crippen LogP contribution in [0.2, 0.25) is 0 Å². The molecule has 1 N–H and O–H groups in total. The third-order valence-corrected chi connectivity index (χ3v) is 8.42. The summed E-state index contributed by atoms with van der Waals surface area (Å²) in [6, 6.07) is 12.5. The van der Waals surface area contributed by atoms with Gasteiger partial charge in [-0.25, -0.2) is 0 Å². The summed E-state index contributed by atoms with van der Waals surface area (Å²) in [6.07, 6.45) is -0.626. The molecule has 2 aliphatic rings. The maximum Gasteiger partial charge on any atom is 0.417 e. The number of carbonyl (C=O) groups is 1. The molecular weight excluding hydrogens is 513 g/mol. The number of rotatable bonds is 8. The number of likely N-dealkylation sites (tertiary alicyclic amines) is 1. The molecule has 208 valence electrons. The summed E-state index contributed by atoms with van der Waals surface area (Å²) in [5.74, 6) is 0.149. The number of carbonyl (C=O) groups excluding carboxylic acids is 1. The second-order valence-electron chi connectivity index (χ2n) is 10.2. The van der Waals surface area contributed by atoms with E-state index in [0.29, 0.717) is 38.0 Å². The molecule has 2 aromatic carbocycles. The molecule has 0 spiro atoms. The molecule has 2 saturated heterocycles. The monoisotopic (exact) mass is 550 g/mol. The number of benzene rings is 2. The molecule has 0 bridgehead atoms. The van der Waals surface area contributed by atoms with Crippen molar-refractivity contribution in [3.63, 3.8) is 0 Å². The Kier molecular flexibility index (Phi) is 9.36. The summed E-state index contributed by atoms with van der Waals surface area (Å²) in [4.78, 5) is 19.2. The maximum absolute atomic E-state index is 13.4. The molecule has 6 nitrogen and oxygen atoms in total. The summed E-state index contributed by atoms with van der Waals surface area (Å²) in [5.41, 5.74) is 2.02. The third-order valence-electron chi connectivity index (χ3n) is 7.45. The number of nitrogens with zero attached hydrogens (tertiary/aromatic N) is 3. The molecule has 2 aromatic rings. The number of piperidine rings is 1. The lowest BCUT2D eigenvalue weighted by Crippen LogP contribution is -2.47. The fraction of sp³-hybridized carbons (Fsp3) is 0.536. The van der Waals surface area contributed by atoms with Crippen LogP contribution in [0.4, 0.5) is 24.5 Å². The van der Waals surface area contributed by atoms with Gasteiger partial charge in [-0.15, -0.1) is 0 Å². The van der Waals surface area contributed by atoms with Crippen LogP contribution in [0.1, 0.15) is 36.8 Å². The van der Waals surface area contributed by atoms with Crippen molar-refractivity contribution in [3.8, 4) is 0 Å². The first-order chi connectivity index (χ1) is 18.1. The second-order valence-corrected chi connectivity index (χ2v) is 11.6. The molecule has 1 unspecified atom stereocenters. The van der Waals surface area contributed by atoms with Gasteiger partial charge in [0, 0.05) is 69.4 Å². The van der Waals surface area contributed by atoms with Gasteiger partial charge in [0.05, 0.1) is 21.3 Å². The van der Waals surface area contributed by atoms with Gasteiger partial charge in [0.2, 0.25) is 5.91 Å². The van der Waals surface area contributed by atoms with Gasteiger partial charge in [-0.2, -0.15) is 13.2 Å². The van der Waals surface area contributed by atoms with Crippen molar-refractivity contribution in [2.45, 2.75) is 49.7 Å². The maximum atomic E-state index is 13.4. The van der Waals surface area contributed by atoms with Gasteiger partial charge in [-0.1, -0.05) is 17.7 Å². The number of piperazine rings is 1. The highest BCUT2D eigenvalue weighted by Gasteiger charge is 2.35. The predicted octanol–water partition coefficient (Wildman–Crippen LogP) is 4.76. The van der Waals surface area contributed by atoms with Gasteiger partial charge < -0.3 is 15.1 Å². The quantitative estimate of drug-likeness (QED) is 0.514. The second kappa shape index (κ2) is 12.5. The van der Waals surface area contributed by atoms with Crippen LogP contribution in [0, 0.1) is 6.92 Å². The number of hydrogen-bond donors (Lipinski definition) is 1. The molecule has 2 fully saturated rings. The molecule has 0 radical (unpaired) electrons. The van der Waals surface area contributed by atoms with Crippen LogP contribution >= 0.6 is 0 Å². The van der Waals surface area contributed by atoms with E-state index in [9.17, 15) is 22.2 Å². The first-order valence-electron chi connectivity index (χ1n) is 13.2. The Morgan fingerprint density at radius 1 is 1.00 bits per heavy atom. The Bertz CT molecular complexity index is 1110. The zero-order valence-electron chi connectivity index (χ0n) is 22.1. The highest BCUT2D eigenvalue weighted by molar-refractivity contribution is 7.84. The van der Waals surface area contributed by atoms with Crippen LogP contribution < -0.4 is 10.2 Å². The van der Waals surface area contributed by atoms with E-state index in [1.54, 1.807) is 6.07 Å². The van der Waals surface area contributed by atoms with Crippen molar-refractivity contribution in [2.75, 3.05) is 62.3 Å². The molecule has 1 atom stereocenters. The number of nitrogens with one attached hydrogen (secondary N) is 1. The number of amides is 1. The first-order valence-corrected chi connectivity index (χ1v) is 14.8. The minimum absolute atomic E-state index is 0.0112. The van der Waals surface area contributed by atoms with E-state index < -0.39 is 22.5 Å². The molecule has 2 heterocycles. The highest BCUT2D eigenvalue weighted by atomic mass is 32.2. The summed E-state index contributed by atoms with van der Waals surface area (Å²) in [6.45, 7) is 8.14. The number of hydrogen-bond acceptors (Lipinski definition) is 5. The fourth-order valence-corrected chi connectivity index (χ4v) is 5.94. The van der Waals surface area contributed by atoms with Crippen molar-refractivity contribution in [1.82, 2.24) is 9.80 Å². The van der Waals surface area contributed by atoms with E-state index in [1.807, 2.05) is 4.90 Å². The molecule has 2 aliphatic heterocycles. The Balaban J connectivity index is 1.17. The summed E-state index contributed by atoms with van der Waals surface area (Å²) < 4.78 is 52.0. The molecule has 4 rings (SSSR count). The van der Waals surface area contributed by atoms with Crippen molar-refractivity contribution >= 4 is 28.1 Å². The normalized spacial score (nSPS) is 18.4. The van der Waals surface area contributed by atoms with E-state index in [2.05, 4.69) is 46.3 Å². The average molecular weight is 551 g/mol. The van der Waals surface area contributed by atoms with E-state index in [1.165, 1.54) is 23.6 Å². The Labute approximate surface area is 225 Å². The SMILES string of the molecule is Cc1ccc(N2CCN(CCCC(=O)N3CCC(Nc4ccc(S(C)=O)c(C(F)(F)F)c4)CC3)CC2)cc1. The van der Waals surface area contributed by atoms with E-state index >= 15 is 0 Å². The average Bonchev–Trinajstić information content (AvgIpc) is 2.89. The van der Waals surface area contributed by atoms with Crippen LogP contribution in [-0.2, 0) is 21.8 Å². The number of aryl methyl sites for hydroxylation is 1. The summed E-state index contributed by atoms with van der Waals surface area (Å²) in [7, 11) is -1.72. The van der Waals surface area contributed by atoms with Crippen molar-refractivity contribution in [1.29, 1.82) is 0 Å². The topological polar surface area (TPSA) is 55.9 Å². The fourth-order valence-electron chi connectivity index (χ4n) is 5.20. The zero-order chi connectivity index (χ0) is 27.3. The third kappa shape index (κ3) is 7.50. The Hall–Kier alpha value is -2.59. The number of alkyl halides is 3. The van der Waals surface area contributed by atoms with E-state index in [0.717, 1.165) is 45.2 Å². The van der Waals surface area contributed by atoms with Crippen LogP contribution in [0.3, 0.4) is 0 Å². The van der Waals surface area contributed by atoms with Gasteiger partial charge in [-0.05, 0) is 63.1 Å². The van der Waals surface area contributed by atoms with Gasteiger partial charge in [-0.3, -0.25) is 13.9 Å². The van der Waals surface area contributed by atoms with Gasteiger partial charge in [0.25, 0.3) is 0 Å². The Morgan fingerprint density at radius 2 is 1.66 bits per heavy atom. The largest absolute Gasteiger partial charge is 0.417 e. The summed E-state index contributed by atoms with van der Waals surface area (Å²) in [5, 5.41) is 3.18. The molecular formula is C28H37F3N4O2S. The molecule has 1 amide bonds. The van der Waals surface area contributed by atoms with E-state index in [-0.39, 0.29) is 16.8 Å². The van der Waals surface area contributed by atoms with Crippen molar-refractivity contribution < 1.29 is 22.2 Å².